The van der Waals surface area contributed by atoms with Gasteiger partial charge in [-0.1, -0.05) is 0 Å². The fourth-order valence-corrected chi connectivity index (χ4v) is 2.19. The minimum absolute atomic E-state index is 0.121. The van der Waals surface area contributed by atoms with Gasteiger partial charge in [-0.2, -0.15) is 0 Å². The molecule has 6 nitrogen and oxygen atoms in total. The van der Waals surface area contributed by atoms with E-state index < -0.39 is 0 Å². The van der Waals surface area contributed by atoms with Gasteiger partial charge in [-0.25, -0.2) is 4.98 Å². The number of carbonyl (C=O) groups excluding carboxylic acids is 1. The number of hydrogen-bond donors (Lipinski definition) is 3. The van der Waals surface area contributed by atoms with Crippen molar-refractivity contribution >= 4 is 16.8 Å². The molecular formula is C15H16N4O2. The monoisotopic (exact) mass is 284 g/mol. The summed E-state index contributed by atoms with van der Waals surface area (Å²) < 4.78 is 5.17. The van der Waals surface area contributed by atoms with E-state index in [1.165, 1.54) is 0 Å². The van der Waals surface area contributed by atoms with Crippen LogP contribution in [0.1, 0.15) is 16.2 Å². The van der Waals surface area contributed by atoms with E-state index in [9.17, 15) is 4.79 Å². The highest BCUT2D eigenvalue weighted by Crippen LogP contribution is 2.21. The summed E-state index contributed by atoms with van der Waals surface area (Å²) in [5, 5.41) is 3.83. The SMILES string of the molecule is COc1ccc2[nH]c(C(=O)NCCc3cnc[nH]3)cc2c1. The highest BCUT2D eigenvalue weighted by atomic mass is 16.5. The van der Waals surface area contributed by atoms with Crippen LogP contribution in [0.2, 0.25) is 0 Å². The van der Waals surface area contributed by atoms with Crippen LogP contribution in [-0.4, -0.2) is 34.5 Å². The van der Waals surface area contributed by atoms with E-state index in [-0.39, 0.29) is 5.91 Å². The molecule has 1 aromatic carbocycles. The molecule has 0 aliphatic heterocycles. The van der Waals surface area contributed by atoms with Crippen molar-refractivity contribution in [3.8, 4) is 5.75 Å². The zero-order valence-corrected chi connectivity index (χ0v) is 11.6. The Bertz CT molecular complexity index is 746. The van der Waals surface area contributed by atoms with Gasteiger partial charge in [-0.15, -0.1) is 0 Å². The van der Waals surface area contributed by atoms with Gasteiger partial charge >= 0.3 is 0 Å². The molecule has 0 atom stereocenters. The predicted molar refractivity (Wildman–Crippen MR) is 79.5 cm³/mol. The molecule has 3 N–H and O–H groups in total. The van der Waals surface area contributed by atoms with Gasteiger partial charge in [0.05, 0.1) is 13.4 Å². The maximum atomic E-state index is 12.1. The molecule has 2 heterocycles. The molecule has 0 unspecified atom stereocenters. The summed E-state index contributed by atoms with van der Waals surface area (Å²) in [6.07, 6.45) is 4.10. The number of H-pyrrole nitrogens is 2. The van der Waals surface area contributed by atoms with Crippen LogP contribution in [0, 0.1) is 0 Å². The Morgan fingerprint density at radius 1 is 1.38 bits per heavy atom. The molecular weight excluding hydrogens is 268 g/mol. The maximum absolute atomic E-state index is 12.1. The van der Waals surface area contributed by atoms with Crippen molar-refractivity contribution < 1.29 is 9.53 Å². The Balaban J connectivity index is 1.66. The number of methoxy groups -OCH3 is 1. The maximum Gasteiger partial charge on any atom is 0.267 e. The van der Waals surface area contributed by atoms with E-state index in [2.05, 4.69) is 20.3 Å². The Labute approximate surface area is 121 Å². The molecule has 0 aliphatic rings. The van der Waals surface area contributed by atoms with Gasteiger partial charge in [0.25, 0.3) is 5.91 Å². The molecule has 0 bridgehead atoms. The second-order valence-electron chi connectivity index (χ2n) is 4.72. The molecule has 0 saturated carbocycles. The number of ether oxygens (including phenoxy) is 1. The van der Waals surface area contributed by atoms with Crippen LogP contribution in [0.3, 0.4) is 0 Å². The summed E-state index contributed by atoms with van der Waals surface area (Å²) >= 11 is 0. The number of benzene rings is 1. The molecule has 3 rings (SSSR count). The Morgan fingerprint density at radius 3 is 3.05 bits per heavy atom. The minimum Gasteiger partial charge on any atom is -0.497 e. The van der Waals surface area contributed by atoms with Gasteiger partial charge in [0.2, 0.25) is 0 Å². The van der Waals surface area contributed by atoms with Crippen molar-refractivity contribution in [1.29, 1.82) is 0 Å². The van der Waals surface area contributed by atoms with Gasteiger partial charge in [0.15, 0.2) is 0 Å². The van der Waals surface area contributed by atoms with Crippen molar-refractivity contribution in [2.75, 3.05) is 13.7 Å². The average Bonchev–Trinajstić information content (AvgIpc) is 3.15. The highest BCUT2D eigenvalue weighted by molar-refractivity contribution is 5.98. The van der Waals surface area contributed by atoms with Gasteiger partial charge in [0, 0.05) is 35.8 Å². The van der Waals surface area contributed by atoms with Crippen LogP contribution in [-0.2, 0) is 6.42 Å². The molecule has 0 aliphatic carbocycles. The molecule has 0 fully saturated rings. The lowest BCUT2D eigenvalue weighted by Crippen LogP contribution is -2.26. The topological polar surface area (TPSA) is 82.8 Å². The number of hydrogen-bond acceptors (Lipinski definition) is 3. The quantitative estimate of drug-likeness (QED) is 0.669. The van der Waals surface area contributed by atoms with E-state index in [1.807, 2.05) is 24.3 Å². The van der Waals surface area contributed by atoms with Gasteiger partial charge in [-0.3, -0.25) is 4.79 Å². The van der Waals surface area contributed by atoms with Crippen LogP contribution in [0.15, 0.2) is 36.8 Å². The van der Waals surface area contributed by atoms with Crippen LogP contribution in [0.25, 0.3) is 10.9 Å². The fraction of sp³-hybridized carbons (Fsp3) is 0.200. The predicted octanol–water partition coefficient (Wildman–Crippen LogP) is 1.87. The first-order valence-corrected chi connectivity index (χ1v) is 6.68. The molecule has 0 spiro atoms. The number of imidazole rings is 1. The lowest BCUT2D eigenvalue weighted by molar-refractivity contribution is 0.0950. The van der Waals surface area contributed by atoms with Crippen molar-refractivity contribution in [2.24, 2.45) is 0 Å². The molecule has 1 amide bonds. The zero-order chi connectivity index (χ0) is 14.7. The lowest BCUT2D eigenvalue weighted by atomic mass is 10.2. The second kappa shape index (κ2) is 5.70. The average molecular weight is 284 g/mol. The van der Waals surface area contributed by atoms with Gasteiger partial charge in [-0.05, 0) is 24.3 Å². The van der Waals surface area contributed by atoms with E-state index in [1.54, 1.807) is 19.6 Å². The molecule has 108 valence electrons. The third kappa shape index (κ3) is 2.89. The number of amides is 1. The Kier molecular flexibility index (Phi) is 3.59. The van der Waals surface area contributed by atoms with Crippen molar-refractivity contribution in [3.63, 3.8) is 0 Å². The molecule has 21 heavy (non-hydrogen) atoms. The number of fused-ring (bicyclic) bond motifs is 1. The van der Waals surface area contributed by atoms with E-state index in [0.29, 0.717) is 12.2 Å². The first-order valence-electron chi connectivity index (χ1n) is 6.68. The largest absolute Gasteiger partial charge is 0.497 e. The molecule has 3 aromatic rings. The van der Waals surface area contributed by atoms with Gasteiger partial charge < -0.3 is 20.0 Å². The zero-order valence-electron chi connectivity index (χ0n) is 11.6. The second-order valence-corrected chi connectivity index (χ2v) is 4.72. The summed E-state index contributed by atoms with van der Waals surface area (Å²) in [4.78, 5) is 22.1. The number of aromatic amines is 2. The smallest absolute Gasteiger partial charge is 0.267 e. The number of rotatable bonds is 5. The number of aromatic nitrogens is 3. The summed E-state index contributed by atoms with van der Waals surface area (Å²) in [6, 6.07) is 7.48. The van der Waals surface area contributed by atoms with Crippen LogP contribution < -0.4 is 10.1 Å². The molecule has 2 aromatic heterocycles. The van der Waals surface area contributed by atoms with Gasteiger partial charge in [0.1, 0.15) is 11.4 Å². The van der Waals surface area contributed by atoms with E-state index in [0.717, 1.165) is 28.8 Å². The van der Waals surface area contributed by atoms with E-state index in [4.69, 9.17) is 4.74 Å². The van der Waals surface area contributed by atoms with Crippen molar-refractivity contribution in [2.45, 2.75) is 6.42 Å². The first kappa shape index (κ1) is 13.2. The van der Waals surface area contributed by atoms with Crippen LogP contribution in [0.4, 0.5) is 0 Å². The standard InChI is InChI=1S/C15H16N4O2/c1-21-12-2-3-13-10(6-12)7-14(19-13)15(20)17-5-4-11-8-16-9-18-11/h2-3,6-9,19H,4-5H2,1H3,(H,16,18)(H,17,20). The van der Waals surface area contributed by atoms with Crippen LogP contribution >= 0.6 is 0 Å². The van der Waals surface area contributed by atoms with Crippen molar-refractivity contribution in [3.05, 3.63) is 48.2 Å². The summed E-state index contributed by atoms with van der Waals surface area (Å²) in [5.41, 5.74) is 2.45. The molecule has 6 heteroatoms. The lowest BCUT2D eigenvalue weighted by Gasteiger charge is -2.01. The van der Waals surface area contributed by atoms with E-state index >= 15 is 0 Å². The first-order chi connectivity index (χ1) is 10.3. The highest BCUT2D eigenvalue weighted by Gasteiger charge is 2.09. The Morgan fingerprint density at radius 2 is 2.29 bits per heavy atom. The molecule has 0 radical (unpaired) electrons. The fourth-order valence-electron chi connectivity index (χ4n) is 2.19. The van der Waals surface area contributed by atoms with Crippen LogP contribution in [0.5, 0.6) is 5.75 Å². The number of carbonyl (C=O) groups is 1. The third-order valence-corrected chi connectivity index (χ3v) is 3.31. The summed E-state index contributed by atoms with van der Waals surface area (Å²) in [6.45, 7) is 0.555. The minimum atomic E-state index is -0.121. The summed E-state index contributed by atoms with van der Waals surface area (Å²) in [5.74, 6) is 0.650. The molecule has 0 saturated heterocycles. The van der Waals surface area contributed by atoms with Crippen molar-refractivity contribution in [1.82, 2.24) is 20.3 Å². The third-order valence-electron chi connectivity index (χ3n) is 3.31. The Hall–Kier alpha value is -2.76. The number of nitrogens with zero attached hydrogens (tertiary/aromatic N) is 1. The normalized spacial score (nSPS) is 10.7. The number of nitrogens with one attached hydrogen (secondary N) is 3. The summed E-state index contributed by atoms with van der Waals surface area (Å²) in [7, 11) is 1.62.